The first kappa shape index (κ1) is 14.4. The normalized spacial score (nSPS) is 11.9. The minimum Gasteiger partial charge on any atom is -0.380 e. The zero-order valence-corrected chi connectivity index (χ0v) is 11.3. The second kappa shape index (κ2) is 5.56. The van der Waals surface area contributed by atoms with Crippen molar-refractivity contribution < 1.29 is 13.2 Å². The van der Waals surface area contributed by atoms with Gasteiger partial charge in [-0.1, -0.05) is 12.1 Å². The predicted octanol–water partition coefficient (Wildman–Crippen LogP) is 4.09. The molecule has 0 aliphatic rings. The topological polar surface area (TPSA) is 29.9 Å². The van der Waals surface area contributed by atoms with Crippen LogP contribution >= 0.6 is 0 Å². The molecule has 1 N–H and O–H groups in total. The van der Waals surface area contributed by atoms with Crippen LogP contribution in [0.1, 0.15) is 31.0 Å². The van der Waals surface area contributed by atoms with Gasteiger partial charge in [0.05, 0.1) is 11.8 Å². The van der Waals surface area contributed by atoms with Gasteiger partial charge in [-0.25, -0.2) is 0 Å². The highest BCUT2D eigenvalue weighted by Gasteiger charge is 2.33. The predicted molar refractivity (Wildman–Crippen MR) is 71.4 cm³/mol. The van der Waals surface area contributed by atoms with Crippen LogP contribution < -0.4 is 5.32 Å². The lowest BCUT2D eigenvalue weighted by Crippen LogP contribution is -2.10. The van der Waals surface area contributed by atoms with Crippen molar-refractivity contribution in [1.29, 1.82) is 0 Å². The summed E-state index contributed by atoms with van der Waals surface area (Å²) in [5, 5.41) is 6.97. The number of alkyl halides is 3. The zero-order chi connectivity index (χ0) is 14.8. The van der Waals surface area contributed by atoms with Crippen molar-refractivity contribution in [2.24, 2.45) is 0 Å². The number of nitrogens with zero attached hydrogens (tertiary/aromatic N) is 2. The van der Waals surface area contributed by atoms with Crippen LogP contribution in [-0.2, 0) is 12.7 Å². The lowest BCUT2D eigenvalue weighted by molar-refractivity contribution is -0.136. The molecule has 1 aromatic heterocycles. The summed E-state index contributed by atoms with van der Waals surface area (Å²) in [6.07, 6.45) is -0.872. The van der Waals surface area contributed by atoms with E-state index in [1.807, 2.05) is 20.0 Å². The minimum atomic E-state index is -4.36. The fourth-order valence-electron chi connectivity index (χ4n) is 1.83. The Hall–Kier alpha value is -1.98. The van der Waals surface area contributed by atoms with Gasteiger partial charge >= 0.3 is 6.18 Å². The van der Waals surface area contributed by atoms with Crippen molar-refractivity contribution >= 4 is 5.69 Å². The molecule has 0 radical (unpaired) electrons. The Kier molecular flexibility index (Phi) is 4.01. The molecule has 0 fully saturated rings. The summed E-state index contributed by atoms with van der Waals surface area (Å²) in [4.78, 5) is 0. The maximum Gasteiger partial charge on any atom is 0.418 e. The molecule has 1 heterocycles. The van der Waals surface area contributed by atoms with E-state index in [4.69, 9.17) is 0 Å². The van der Waals surface area contributed by atoms with E-state index < -0.39 is 11.7 Å². The summed E-state index contributed by atoms with van der Waals surface area (Å²) in [5.74, 6) is 0. The van der Waals surface area contributed by atoms with Gasteiger partial charge in [0.25, 0.3) is 0 Å². The number of para-hydroxylation sites is 1. The summed E-state index contributed by atoms with van der Waals surface area (Å²) in [6.45, 7) is 4.28. The lowest BCUT2D eigenvalue weighted by atomic mass is 10.1. The Bertz CT molecular complexity index is 573. The quantitative estimate of drug-likeness (QED) is 0.915. The van der Waals surface area contributed by atoms with Crippen LogP contribution in [0.3, 0.4) is 0 Å². The maximum absolute atomic E-state index is 12.8. The first-order chi connectivity index (χ1) is 9.38. The highest BCUT2D eigenvalue weighted by Crippen LogP contribution is 2.34. The third-order valence-corrected chi connectivity index (χ3v) is 2.90. The molecule has 0 spiro atoms. The molecule has 0 bridgehead atoms. The van der Waals surface area contributed by atoms with Crippen LogP contribution in [0.25, 0.3) is 0 Å². The van der Waals surface area contributed by atoms with Gasteiger partial charge in [0.1, 0.15) is 0 Å². The van der Waals surface area contributed by atoms with Crippen LogP contribution in [0, 0.1) is 0 Å². The van der Waals surface area contributed by atoms with Crippen LogP contribution in [-0.4, -0.2) is 9.78 Å². The van der Waals surface area contributed by atoms with E-state index in [0.717, 1.165) is 11.6 Å². The molecule has 0 unspecified atom stereocenters. The fraction of sp³-hybridized carbons (Fsp3) is 0.357. The Morgan fingerprint density at radius 1 is 1.25 bits per heavy atom. The molecule has 0 aliphatic heterocycles. The number of hydrogen-bond donors (Lipinski definition) is 1. The molecule has 0 saturated carbocycles. The minimum absolute atomic E-state index is 0.0808. The number of hydrogen-bond acceptors (Lipinski definition) is 2. The molecular weight excluding hydrogens is 267 g/mol. The maximum atomic E-state index is 12.8. The van der Waals surface area contributed by atoms with E-state index in [0.29, 0.717) is 6.54 Å². The van der Waals surface area contributed by atoms with Gasteiger partial charge in [-0.05, 0) is 26.0 Å². The van der Waals surface area contributed by atoms with E-state index in [1.165, 1.54) is 12.1 Å². The van der Waals surface area contributed by atoms with E-state index in [1.54, 1.807) is 16.9 Å². The van der Waals surface area contributed by atoms with Gasteiger partial charge in [-0.15, -0.1) is 0 Å². The van der Waals surface area contributed by atoms with E-state index in [9.17, 15) is 13.2 Å². The Morgan fingerprint density at radius 3 is 2.55 bits per heavy atom. The molecule has 108 valence electrons. The fourth-order valence-corrected chi connectivity index (χ4v) is 1.83. The molecule has 2 rings (SSSR count). The molecule has 0 aliphatic carbocycles. The largest absolute Gasteiger partial charge is 0.418 e. The molecule has 0 amide bonds. The number of rotatable bonds is 4. The van der Waals surface area contributed by atoms with Crippen molar-refractivity contribution in [1.82, 2.24) is 9.78 Å². The summed E-state index contributed by atoms with van der Waals surface area (Å²) in [5.41, 5.74) is 0.268. The van der Waals surface area contributed by atoms with Crippen LogP contribution in [0.2, 0.25) is 0 Å². The lowest BCUT2D eigenvalue weighted by Gasteiger charge is -2.13. The van der Waals surface area contributed by atoms with Gasteiger partial charge in [-0.3, -0.25) is 4.68 Å². The number of aromatic nitrogens is 2. The zero-order valence-electron chi connectivity index (χ0n) is 11.3. The molecule has 3 nitrogen and oxygen atoms in total. The van der Waals surface area contributed by atoms with E-state index in [2.05, 4.69) is 10.4 Å². The van der Waals surface area contributed by atoms with Crippen molar-refractivity contribution in [3.8, 4) is 0 Å². The van der Waals surface area contributed by atoms with Crippen molar-refractivity contribution in [3.63, 3.8) is 0 Å². The van der Waals surface area contributed by atoms with Crippen molar-refractivity contribution in [2.45, 2.75) is 32.6 Å². The summed E-state index contributed by atoms with van der Waals surface area (Å²) in [7, 11) is 0. The Labute approximate surface area is 115 Å². The average molecular weight is 283 g/mol. The van der Waals surface area contributed by atoms with Crippen molar-refractivity contribution in [3.05, 3.63) is 47.8 Å². The van der Waals surface area contributed by atoms with Crippen LogP contribution in [0.15, 0.2) is 36.7 Å². The average Bonchev–Trinajstić information content (AvgIpc) is 2.84. The first-order valence-electron chi connectivity index (χ1n) is 6.31. The number of anilines is 1. The standard InChI is InChI=1S/C14H16F3N3/c1-10(2)20-9-11(8-19-20)7-18-13-6-4-3-5-12(13)14(15,16)17/h3-6,8-10,18H,7H2,1-2H3. The van der Waals surface area contributed by atoms with Gasteiger partial charge in [0.2, 0.25) is 0 Å². The molecular formula is C14H16F3N3. The SMILES string of the molecule is CC(C)n1cc(CNc2ccccc2C(F)(F)F)cn1. The monoisotopic (exact) mass is 283 g/mol. The van der Waals surface area contributed by atoms with E-state index >= 15 is 0 Å². The first-order valence-corrected chi connectivity index (χ1v) is 6.31. The second-order valence-electron chi connectivity index (χ2n) is 4.82. The second-order valence-corrected chi connectivity index (χ2v) is 4.82. The number of benzene rings is 1. The summed E-state index contributed by atoms with van der Waals surface area (Å²) >= 11 is 0. The van der Waals surface area contributed by atoms with Gasteiger partial charge in [0, 0.05) is 30.0 Å². The Balaban J connectivity index is 2.11. The molecule has 6 heteroatoms. The van der Waals surface area contributed by atoms with Gasteiger partial charge in [0.15, 0.2) is 0 Å². The number of nitrogens with one attached hydrogen (secondary N) is 1. The molecule has 0 saturated heterocycles. The van der Waals surface area contributed by atoms with E-state index in [-0.39, 0.29) is 11.7 Å². The molecule has 20 heavy (non-hydrogen) atoms. The van der Waals surface area contributed by atoms with Gasteiger partial charge in [-0.2, -0.15) is 18.3 Å². The Morgan fingerprint density at radius 2 is 1.95 bits per heavy atom. The van der Waals surface area contributed by atoms with Crippen molar-refractivity contribution in [2.75, 3.05) is 5.32 Å². The molecule has 1 aromatic carbocycles. The summed E-state index contributed by atoms with van der Waals surface area (Å²) < 4.78 is 40.3. The highest BCUT2D eigenvalue weighted by molar-refractivity contribution is 5.52. The van der Waals surface area contributed by atoms with Crippen LogP contribution in [0.4, 0.5) is 18.9 Å². The third-order valence-electron chi connectivity index (χ3n) is 2.90. The summed E-state index contributed by atoms with van der Waals surface area (Å²) in [6, 6.07) is 5.68. The highest BCUT2D eigenvalue weighted by atomic mass is 19.4. The smallest absolute Gasteiger partial charge is 0.380 e. The van der Waals surface area contributed by atoms with Gasteiger partial charge < -0.3 is 5.32 Å². The number of halogens is 3. The third kappa shape index (κ3) is 3.31. The molecule has 2 aromatic rings. The molecule has 0 atom stereocenters. The van der Waals surface area contributed by atoms with Crippen LogP contribution in [0.5, 0.6) is 0 Å².